The maximum atomic E-state index is 12.1. The number of benzene rings is 1. The molecule has 2 aromatic rings. The highest BCUT2D eigenvalue weighted by Crippen LogP contribution is 2.20. The van der Waals surface area contributed by atoms with Gasteiger partial charge in [-0.2, -0.15) is 0 Å². The summed E-state index contributed by atoms with van der Waals surface area (Å²) in [7, 11) is 0. The van der Waals surface area contributed by atoms with Crippen LogP contribution in [0.15, 0.2) is 29.1 Å². The zero-order valence-corrected chi connectivity index (χ0v) is 13.5. The Morgan fingerprint density at radius 1 is 1.14 bits per heavy atom. The molecular weight excluding hydrogens is 286 g/mol. The number of nitrogens with one attached hydrogen (secondary N) is 2. The molecule has 1 aromatic heterocycles. The van der Waals surface area contributed by atoms with Gasteiger partial charge in [0.05, 0.1) is 5.56 Å². The Balaban J connectivity index is 2.20. The molecule has 0 saturated carbocycles. The number of halogens is 1. The highest BCUT2D eigenvalue weighted by Gasteiger charge is 2.17. The van der Waals surface area contributed by atoms with Crippen LogP contribution in [-0.2, 0) is 0 Å². The van der Waals surface area contributed by atoms with Gasteiger partial charge in [0.25, 0.3) is 5.56 Å². The van der Waals surface area contributed by atoms with Crippen LogP contribution in [-0.4, -0.2) is 9.97 Å². The zero-order chi connectivity index (χ0) is 15.6. The van der Waals surface area contributed by atoms with E-state index >= 15 is 0 Å². The van der Waals surface area contributed by atoms with E-state index in [0.717, 1.165) is 11.3 Å². The van der Waals surface area contributed by atoms with Crippen LogP contribution >= 0.6 is 11.6 Å². The molecule has 0 saturated heterocycles. The van der Waals surface area contributed by atoms with Gasteiger partial charge in [0, 0.05) is 22.8 Å². The average molecular weight is 306 g/mol. The monoisotopic (exact) mass is 305 g/mol. The van der Waals surface area contributed by atoms with Gasteiger partial charge in [0.1, 0.15) is 5.82 Å². The molecule has 2 atom stereocenters. The Labute approximate surface area is 129 Å². The second-order valence-corrected chi connectivity index (χ2v) is 5.75. The van der Waals surface area contributed by atoms with Crippen molar-refractivity contribution in [3.05, 3.63) is 62.3 Å². The van der Waals surface area contributed by atoms with E-state index in [9.17, 15) is 4.79 Å². The van der Waals surface area contributed by atoms with E-state index in [1.807, 2.05) is 38.1 Å². The van der Waals surface area contributed by atoms with Crippen molar-refractivity contribution in [2.45, 2.75) is 39.8 Å². The van der Waals surface area contributed by atoms with Crippen molar-refractivity contribution in [2.75, 3.05) is 0 Å². The van der Waals surface area contributed by atoms with Crippen LogP contribution in [0.3, 0.4) is 0 Å². The summed E-state index contributed by atoms with van der Waals surface area (Å²) in [6.07, 6.45) is 0. The molecule has 112 valence electrons. The Kier molecular flexibility index (Phi) is 4.80. The summed E-state index contributed by atoms with van der Waals surface area (Å²) in [5.41, 5.74) is 2.49. The zero-order valence-electron chi connectivity index (χ0n) is 12.7. The molecule has 2 N–H and O–H groups in total. The summed E-state index contributed by atoms with van der Waals surface area (Å²) in [4.78, 5) is 19.2. The van der Waals surface area contributed by atoms with Gasteiger partial charge < -0.3 is 10.3 Å². The highest BCUT2D eigenvalue weighted by atomic mass is 35.5. The lowest BCUT2D eigenvalue weighted by atomic mass is 10.0. The Hall–Kier alpha value is -1.65. The quantitative estimate of drug-likeness (QED) is 0.909. The first-order valence-corrected chi connectivity index (χ1v) is 7.35. The van der Waals surface area contributed by atoms with Crippen molar-refractivity contribution in [1.29, 1.82) is 0 Å². The minimum atomic E-state index is -0.0903. The van der Waals surface area contributed by atoms with E-state index in [0.29, 0.717) is 16.4 Å². The summed E-state index contributed by atoms with van der Waals surface area (Å²) in [5, 5.41) is 4.15. The molecule has 5 heteroatoms. The van der Waals surface area contributed by atoms with Crippen LogP contribution in [0.25, 0.3) is 0 Å². The molecule has 0 fully saturated rings. The van der Waals surface area contributed by atoms with Gasteiger partial charge in [-0.3, -0.25) is 4.79 Å². The molecule has 0 bridgehead atoms. The molecule has 0 radical (unpaired) electrons. The first-order chi connectivity index (χ1) is 9.88. The van der Waals surface area contributed by atoms with Crippen LogP contribution in [0.5, 0.6) is 0 Å². The molecule has 0 amide bonds. The van der Waals surface area contributed by atoms with E-state index < -0.39 is 0 Å². The van der Waals surface area contributed by atoms with Gasteiger partial charge in [-0.05, 0) is 45.4 Å². The lowest BCUT2D eigenvalue weighted by Crippen LogP contribution is -2.29. The van der Waals surface area contributed by atoms with E-state index in [1.54, 1.807) is 6.92 Å². The number of aryl methyl sites for hydroxylation is 2. The number of H-pyrrole nitrogens is 1. The molecular formula is C16H20ClN3O. The third-order valence-corrected chi connectivity index (χ3v) is 3.82. The fourth-order valence-corrected chi connectivity index (χ4v) is 2.68. The number of nitrogens with zero attached hydrogens (tertiary/aromatic N) is 1. The van der Waals surface area contributed by atoms with Gasteiger partial charge in [0.2, 0.25) is 0 Å². The second-order valence-electron chi connectivity index (χ2n) is 5.31. The minimum Gasteiger partial charge on any atom is -0.310 e. The fourth-order valence-electron chi connectivity index (χ4n) is 2.55. The molecule has 0 spiro atoms. The molecule has 0 aliphatic rings. The molecule has 1 aromatic carbocycles. The SMILES string of the molecule is Cc1nc(C)c(C(C)N[C@H](C)c2ccc(Cl)cc2)c(=O)[nH]1. The first-order valence-electron chi connectivity index (χ1n) is 6.97. The fraction of sp³-hybridized carbons (Fsp3) is 0.375. The molecule has 1 heterocycles. The van der Waals surface area contributed by atoms with Crippen molar-refractivity contribution >= 4 is 11.6 Å². The maximum absolute atomic E-state index is 12.1. The Morgan fingerprint density at radius 3 is 2.33 bits per heavy atom. The minimum absolute atomic E-state index is 0.0803. The average Bonchev–Trinajstić information content (AvgIpc) is 2.37. The molecule has 4 nitrogen and oxygen atoms in total. The Bertz CT molecular complexity index is 679. The van der Waals surface area contributed by atoms with E-state index in [2.05, 4.69) is 22.2 Å². The maximum Gasteiger partial charge on any atom is 0.255 e. The predicted octanol–water partition coefficient (Wildman–Crippen LogP) is 3.45. The molecule has 1 unspecified atom stereocenters. The molecule has 21 heavy (non-hydrogen) atoms. The first kappa shape index (κ1) is 15.7. The van der Waals surface area contributed by atoms with Crippen LogP contribution in [0.4, 0.5) is 0 Å². The normalized spacial score (nSPS) is 14.0. The summed E-state index contributed by atoms with van der Waals surface area (Å²) in [6, 6.07) is 7.72. The smallest absolute Gasteiger partial charge is 0.255 e. The van der Waals surface area contributed by atoms with E-state index in [4.69, 9.17) is 11.6 Å². The van der Waals surface area contributed by atoms with Gasteiger partial charge in [-0.1, -0.05) is 23.7 Å². The topological polar surface area (TPSA) is 57.8 Å². The van der Waals surface area contributed by atoms with Gasteiger partial charge in [-0.15, -0.1) is 0 Å². The second kappa shape index (κ2) is 6.41. The van der Waals surface area contributed by atoms with Crippen LogP contribution in [0, 0.1) is 13.8 Å². The van der Waals surface area contributed by atoms with Gasteiger partial charge in [-0.25, -0.2) is 4.98 Å². The molecule has 0 aliphatic carbocycles. The van der Waals surface area contributed by atoms with Crippen molar-refractivity contribution in [3.63, 3.8) is 0 Å². The summed E-state index contributed by atoms with van der Waals surface area (Å²) < 4.78 is 0. The summed E-state index contributed by atoms with van der Waals surface area (Å²) >= 11 is 5.90. The number of hydrogen-bond acceptors (Lipinski definition) is 3. The van der Waals surface area contributed by atoms with Crippen LogP contribution < -0.4 is 10.9 Å². The van der Waals surface area contributed by atoms with Crippen LogP contribution in [0.2, 0.25) is 5.02 Å². The number of hydrogen-bond donors (Lipinski definition) is 2. The summed E-state index contributed by atoms with van der Waals surface area (Å²) in [6.45, 7) is 7.68. The third kappa shape index (κ3) is 3.71. The standard InChI is InChI=1S/C16H20ClN3O/c1-9(13-5-7-14(17)8-6-13)18-10(2)15-11(3)19-12(4)20-16(15)21/h5-10,18H,1-4H3,(H,19,20,21)/t9-,10?/m1/s1. The van der Waals surface area contributed by atoms with Gasteiger partial charge in [0.15, 0.2) is 0 Å². The number of aromatic amines is 1. The molecule has 2 rings (SSSR count). The Morgan fingerprint density at radius 2 is 1.76 bits per heavy atom. The van der Waals surface area contributed by atoms with Gasteiger partial charge >= 0.3 is 0 Å². The highest BCUT2D eigenvalue weighted by molar-refractivity contribution is 6.30. The van der Waals surface area contributed by atoms with Crippen LogP contribution in [0.1, 0.15) is 48.6 Å². The number of rotatable bonds is 4. The van der Waals surface area contributed by atoms with Crippen molar-refractivity contribution in [1.82, 2.24) is 15.3 Å². The summed E-state index contributed by atoms with van der Waals surface area (Å²) in [5.74, 6) is 0.638. The third-order valence-electron chi connectivity index (χ3n) is 3.57. The lowest BCUT2D eigenvalue weighted by molar-refractivity contribution is 0.487. The van der Waals surface area contributed by atoms with Crippen molar-refractivity contribution < 1.29 is 0 Å². The van der Waals surface area contributed by atoms with Crippen molar-refractivity contribution in [2.24, 2.45) is 0 Å². The lowest BCUT2D eigenvalue weighted by Gasteiger charge is -2.21. The van der Waals surface area contributed by atoms with E-state index in [1.165, 1.54) is 0 Å². The number of aromatic nitrogens is 2. The van der Waals surface area contributed by atoms with E-state index in [-0.39, 0.29) is 17.6 Å². The van der Waals surface area contributed by atoms with Crippen molar-refractivity contribution in [3.8, 4) is 0 Å². The largest absolute Gasteiger partial charge is 0.310 e. The predicted molar refractivity (Wildman–Crippen MR) is 85.7 cm³/mol. The molecule has 0 aliphatic heterocycles.